The van der Waals surface area contributed by atoms with Crippen molar-refractivity contribution in [3.63, 3.8) is 0 Å². The summed E-state index contributed by atoms with van der Waals surface area (Å²) in [5.41, 5.74) is 2.49. The number of likely N-dealkylation sites (tertiary alicyclic amines) is 1. The van der Waals surface area contributed by atoms with Gasteiger partial charge >= 0.3 is 0 Å². The van der Waals surface area contributed by atoms with Crippen LogP contribution in [0, 0.1) is 0 Å². The molecule has 4 aromatic rings. The third kappa shape index (κ3) is 4.78. The van der Waals surface area contributed by atoms with Crippen LogP contribution in [0.3, 0.4) is 0 Å². The highest BCUT2D eigenvalue weighted by Gasteiger charge is 2.25. The highest BCUT2D eigenvalue weighted by atomic mass is 32.1. The van der Waals surface area contributed by atoms with Gasteiger partial charge in [-0.25, -0.2) is 9.97 Å². The molecule has 34 heavy (non-hydrogen) atoms. The number of carbonyl (C=O) groups excluding carboxylic acids is 2. The van der Waals surface area contributed by atoms with Gasteiger partial charge in [-0.1, -0.05) is 30.3 Å². The predicted molar refractivity (Wildman–Crippen MR) is 139 cm³/mol. The lowest BCUT2D eigenvalue weighted by Crippen LogP contribution is -2.36. The average molecular weight is 489 g/mol. The molecule has 0 bridgehead atoms. The fraction of sp³-hybridized carbons (Fsp3) is 0.231. The maximum Gasteiger partial charge on any atom is 0.246 e. The molecule has 3 heterocycles. The van der Waals surface area contributed by atoms with Crippen LogP contribution in [0.2, 0.25) is 0 Å². The minimum Gasteiger partial charge on any atom is -0.339 e. The van der Waals surface area contributed by atoms with E-state index in [1.54, 1.807) is 28.4 Å². The van der Waals surface area contributed by atoms with Crippen molar-refractivity contribution in [3.05, 3.63) is 76.8 Å². The summed E-state index contributed by atoms with van der Waals surface area (Å²) >= 11 is 3.14. The van der Waals surface area contributed by atoms with Gasteiger partial charge in [0.1, 0.15) is 0 Å². The van der Waals surface area contributed by atoms with Crippen LogP contribution in [-0.2, 0) is 9.59 Å². The summed E-state index contributed by atoms with van der Waals surface area (Å²) in [5, 5.41) is 3.62. The second kappa shape index (κ2) is 9.87. The van der Waals surface area contributed by atoms with Crippen LogP contribution in [0.5, 0.6) is 0 Å². The monoisotopic (exact) mass is 488 g/mol. The highest BCUT2D eigenvalue weighted by molar-refractivity contribution is 7.18. The number of hydrogen-bond donors (Lipinski definition) is 0. The largest absolute Gasteiger partial charge is 0.339 e. The zero-order valence-electron chi connectivity index (χ0n) is 18.8. The van der Waals surface area contributed by atoms with Crippen molar-refractivity contribution in [2.45, 2.75) is 25.7 Å². The van der Waals surface area contributed by atoms with E-state index >= 15 is 0 Å². The number of piperidine rings is 1. The first kappa shape index (κ1) is 22.4. The van der Waals surface area contributed by atoms with E-state index in [0.717, 1.165) is 37.1 Å². The van der Waals surface area contributed by atoms with Gasteiger partial charge in [0, 0.05) is 37.4 Å². The van der Waals surface area contributed by atoms with Crippen LogP contribution in [-0.4, -0.2) is 39.8 Å². The normalized spacial score (nSPS) is 14.7. The molecule has 5 rings (SSSR count). The Kier molecular flexibility index (Phi) is 6.51. The molecule has 0 aliphatic carbocycles. The molecule has 2 aromatic carbocycles. The van der Waals surface area contributed by atoms with Gasteiger partial charge in [0.05, 0.1) is 26.6 Å². The summed E-state index contributed by atoms with van der Waals surface area (Å²) < 4.78 is 1.22. The molecular weight excluding hydrogens is 464 g/mol. The lowest BCUT2D eigenvalue weighted by atomic mass is 9.97. The molecule has 8 heteroatoms. The second-order valence-electron chi connectivity index (χ2n) is 8.20. The Morgan fingerprint density at radius 3 is 2.50 bits per heavy atom. The minimum atomic E-state index is -0.108. The first-order chi connectivity index (χ1) is 16.6. The van der Waals surface area contributed by atoms with E-state index in [2.05, 4.69) is 17.1 Å². The number of amides is 2. The molecule has 2 amide bonds. The minimum absolute atomic E-state index is 0.0104. The lowest BCUT2D eigenvalue weighted by Gasteiger charge is -2.30. The second-order valence-corrected chi connectivity index (χ2v) is 10.1. The summed E-state index contributed by atoms with van der Waals surface area (Å²) in [6.45, 7) is 2.96. The Balaban J connectivity index is 1.21. The van der Waals surface area contributed by atoms with Crippen molar-refractivity contribution >= 4 is 61.6 Å². The van der Waals surface area contributed by atoms with E-state index in [9.17, 15) is 9.59 Å². The molecule has 1 fully saturated rings. The molecule has 1 saturated heterocycles. The van der Waals surface area contributed by atoms with Crippen molar-refractivity contribution in [1.82, 2.24) is 14.9 Å². The van der Waals surface area contributed by atoms with E-state index in [-0.39, 0.29) is 11.8 Å². The van der Waals surface area contributed by atoms with E-state index in [1.165, 1.54) is 28.0 Å². The lowest BCUT2D eigenvalue weighted by molar-refractivity contribution is -0.127. The summed E-state index contributed by atoms with van der Waals surface area (Å²) in [7, 11) is 0. The standard InChI is InChI=1S/C26H24N4O2S2/c1-18(31)30(21-7-3-2-4-8-21)26-27-20(17-33-26)11-12-24(32)29-15-13-19(14-16-29)25-28-22-9-5-6-10-23(22)34-25/h2-12,17,19H,13-16H2,1H3/b12-11+. The first-order valence-electron chi connectivity index (χ1n) is 11.2. The van der Waals surface area contributed by atoms with Gasteiger partial charge in [0.25, 0.3) is 0 Å². The molecule has 0 atom stereocenters. The maximum absolute atomic E-state index is 12.8. The molecule has 0 radical (unpaired) electrons. The highest BCUT2D eigenvalue weighted by Crippen LogP contribution is 2.34. The van der Waals surface area contributed by atoms with Crippen LogP contribution in [0.4, 0.5) is 10.8 Å². The smallest absolute Gasteiger partial charge is 0.246 e. The number of thiazole rings is 2. The van der Waals surface area contributed by atoms with Crippen molar-refractivity contribution in [1.29, 1.82) is 0 Å². The Bertz CT molecular complexity index is 1300. The number of rotatable bonds is 5. The van der Waals surface area contributed by atoms with Crippen LogP contribution < -0.4 is 4.90 Å². The zero-order chi connectivity index (χ0) is 23.5. The van der Waals surface area contributed by atoms with Crippen LogP contribution in [0.25, 0.3) is 16.3 Å². The Hall–Kier alpha value is -3.36. The molecule has 172 valence electrons. The van der Waals surface area contributed by atoms with Gasteiger partial charge in [0.15, 0.2) is 5.13 Å². The zero-order valence-corrected chi connectivity index (χ0v) is 20.4. The van der Waals surface area contributed by atoms with Crippen LogP contribution in [0.1, 0.15) is 36.4 Å². The Labute approximate surface area is 206 Å². The van der Waals surface area contributed by atoms with Crippen LogP contribution >= 0.6 is 22.7 Å². The third-order valence-corrected chi connectivity index (χ3v) is 7.94. The summed E-state index contributed by atoms with van der Waals surface area (Å²) in [6.07, 6.45) is 5.15. The molecule has 6 nitrogen and oxygen atoms in total. The SMILES string of the molecule is CC(=O)N(c1ccccc1)c1nc(/C=C/C(=O)N2CCC(c3nc4ccccc4s3)CC2)cs1. The molecule has 0 spiro atoms. The fourth-order valence-corrected chi connectivity index (χ4v) is 6.12. The van der Waals surface area contributed by atoms with E-state index in [0.29, 0.717) is 16.7 Å². The van der Waals surface area contributed by atoms with Gasteiger partial charge in [-0.15, -0.1) is 22.7 Å². The average Bonchev–Trinajstić information content (AvgIpc) is 3.50. The number of benzene rings is 2. The fourth-order valence-electron chi connectivity index (χ4n) is 4.13. The quantitative estimate of drug-likeness (QED) is 0.330. The summed E-state index contributed by atoms with van der Waals surface area (Å²) in [5.74, 6) is 0.286. The summed E-state index contributed by atoms with van der Waals surface area (Å²) in [4.78, 5) is 37.8. The molecule has 0 unspecified atom stereocenters. The van der Waals surface area contributed by atoms with E-state index in [4.69, 9.17) is 4.98 Å². The van der Waals surface area contributed by atoms with Crippen molar-refractivity contribution in [2.24, 2.45) is 0 Å². The predicted octanol–water partition coefficient (Wildman–Crippen LogP) is 5.86. The number of carbonyl (C=O) groups is 2. The van der Waals surface area contributed by atoms with Crippen molar-refractivity contribution in [3.8, 4) is 0 Å². The van der Waals surface area contributed by atoms with E-state index in [1.807, 2.05) is 52.7 Å². The molecule has 1 aliphatic rings. The number of hydrogen-bond acceptors (Lipinski definition) is 6. The number of anilines is 2. The number of nitrogens with zero attached hydrogens (tertiary/aromatic N) is 4. The van der Waals surface area contributed by atoms with Gasteiger partial charge in [0.2, 0.25) is 11.8 Å². The number of para-hydroxylation sites is 2. The number of fused-ring (bicyclic) bond motifs is 1. The van der Waals surface area contributed by atoms with Gasteiger partial charge < -0.3 is 4.90 Å². The van der Waals surface area contributed by atoms with Crippen molar-refractivity contribution in [2.75, 3.05) is 18.0 Å². The molecule has 0 N–H and O–H groups in total. The van der Waals surface area contributed by atoms with Gasteiger partial charge in [-0.05, 0) is 43.2 Å². The van der Waals surface area contributed by atoms with E-state index < -0.39 is 0 Å². The molecule has 1 aliphatic heterocycles. The molecule has 2 aromatic heterocycles. The first-order valence-corrected chi connectivity index (χ1v) is 12.9. The third-order valence-electron chi connectivity index (χ3n) is 5.89. The molecule has 0 saturated carbocycles. The maximum atomic E-state index is 12.8. The summed E-state index contributed by atoms with van der Waals surface area (Å²) in [6, 6.07) is 17.7. The van der Waals surface area contributed by atoms with Crippen molar-refractivity contribution < 1.29 is 9.59 Å². The van der Waals surface area contributed by atoms with Gasteiger partial charge in [-0.2, -0.15) is 0 Å². The Morgan fingerprint density at radius 2 is 1.76 bits per heavy atom. The Morgan fingerprint density at radius 1 is 1.03 bits per heavy atom. The van der Waals surface area contributed by atoms with Crippen LogP contribution in [0.15, 0.2) is 66.1 Å². The molecular formula is C26H24N4O2S2. The number of aromatic nitrogens is 2. The van der Waals surface area contributed by atoms with Gasteiger partial charge in [-0.3, -0.25) is 14.5 Å². The topological polar surface area (TPSA) is 66.4 Å².